The molecule has 1 aromatic heterocycles. The molecular formula is C27H26N2O6. The van der Waals surface area contributed by atoms with E-state index < -0.39 is 17.7 Å². The van der Waals surface area contributed by atoms with Gasteiger partial charge in [-0.2, -0.15) is 0 Å². The van der Waals surface area contributed by atoms with E-state index in [4.69, 9.17) is 9.15 Å². The standard InChI is InChI=1S/C27H26N2O6/c1-16(2)15-35-21-10-4-7-18(13-21)25(31)23-24(22-11-6-12-34-22)29(27(33)26(23)32)20-9-5-8-19(14-20)28-17(3)30/h4-14,16,24,31H,15H2,1-3H3,(H,28,30)/b25-23-. The number of carbonyl (C=O) groups excluding carboxylic acids is 3. The molecule has 2 aromatic carbocycles. The van der Waals surface area contributed by atoms with E-state index in [1.165, 1.54) is 18.1 Å². The normalized spacial score (nSPS) is 17.1. The van der Waals surface area contributed by atoms with Crippen LogP contribution in [0, 0.1) is 5.92 Å². The lowest BCUT2D eigenvalue weighted by Crippen LogP contribution is -2.29. The number of benzene rings is 2. The predicted octanol–water partition coefficient (Wildman–Crippen LogP) is 4.90. The van der Waals surface area contributed by atoms with Crippen molar-refractivity contribution in [3.8, 4) is 5.75 Å². The largest absolute Gasteiger partial charge is 0.507 e. The molecule has 1 aliphatic rings. The summed E-state index contributed by atoms with van der Waals surface area (Å²) in [6.07, 6.45) is 1.43. The maximum absolute atomic E-state index is 13.2. The van der Waals surface area contributed by atoms with Crippen molar-refractivity contribution in [2.45, 2.75) is 26.8 Å². The van der Waals surface area contributed by atoms with Crippen molar-refractivity contribution in [2.24, 2.45) is 5.92 Å². The molecule has 0 saturated carbocycles. The van der Waals surface area contributed by atoms with Crippen LogP contribution in [0.1, 0.15) is 38.1 Å². The van der Waals surface area contributed by atoms with Gasteiger partial charge in [0, 0.05) is 23.9 Å². The molecule has 4 rings (SSSR count). The number of Topliss-reactive ketones (excluding diaryl/α,β-unsaturated/α-hetero) is 1. The Morgan fingerprint density at radius 1 is 1.11 bits per heavy atom. The highest BCUT2D eigenvalue weighted by Gasteiger charge is 2.48. The Kier molecular flexibility index (Phi) is 6.73. The molecule has 1 saturated heterocycles. The third-order valence-corrected chi connectivity index (χ3v) is 5.39. The summed E-state index contributed by atoms with van der Waals surface area (Å²) in [7, 11) is 0. The summed E-state index contributed by atoms with van der Waals surface area (Å²) in [5, 5.41) is 13.9. The molecule has 8 heteroatoms. The minimum Gasteiger partial charge on any atom is -0.507 e. The van der Waals surface area contributed by atoms with Crippen LogP contribution in [-0.2, 0) is 14.4 Å². The maximum Gasteiger partial charge on any atom is 0.300 e. The first-order valence-electron chi connectivity index (χ1n) is 11.2. The van der Waals surface area contributed by atoms with Crippen LogP contribution in [0.4, 0.5) is 11.4 Å². The molecule has 0 bridgehead atoms. The number of hydrogen-bond donors (Lipinski definition) is 2. The summed E-state index contributed by atoms with van der Waals surface area (Å²) in [5.74, 6) is -1.11. The fourth-order valence-electron chi connectivity index (χ4n) is 3.90. The van der Waals surface area contributed by atoms with E-state index in [2.05, 4.69) is 5.32 Å². The summed E-state index contributed by atoms with van der Waals surface area (Å²) >= 11 is 0. The van der Waals surface area contributed by atoms with Gasteiger partial charge in [0.1, 0.15) is 23.3 Å². The summed E-state index contributed by atoms with van der Waals surface area (Å²) in [6, 6.07) is 15.6. The first-order valence-corrected chi connectivity index (χ1v) is 11.2. The van der Waals surface area contributed by atoms with Gasteiger partial charge in [0.05, 0.1) is 18.4 Å². The number of amides is 2. The fourth-order valence-corrected chi connectivity index (χ4v) is 3.90. The lowest BCUT2D eigenvalue weighted by atomic mass is 9.99. The third kappa shape index (κ3) is 4.96. The number of anilines is 2. The number of furan rings is 1. The van der Waals surface area contributed by atoms with Gasteiger partial charge in [-0.3, -0.25) is 19.3 Å². The first kappa shape index (κ1) is 23.8. The third-order valence-electron chi connectivity index (χ3n) is 5.39. The topological polar surface area (TPSA) is 109 Å². The second kappa shape index (κ2) is 9.89. The molecule has 35 heavy (non-hydrogen) atoms. The van der Waals surface area contributed by atoms with E-state index in [9.17, 15) is 19.5 Å². The second-order valence-electron chi connectivity index (χ2n) is 8.65. The summed E-state index contributed by atoms with van der Waals surface area (Å²) in [4.78, 5) is 39.2. The highest BCUT2D eigenvalue weighted by Crippen LogP contribution is 2.43. The van der Waals surface area contributed by atoms with Crippen molar-refractivity contribution >= 4 is 34.7 Å². The number of nitrogens with one attached hydrogen (secondary N) is 1. The molecule has 8 nitrogen and oxygen atoms in total. The quantitative estimate of drug-likeness (QED) is 0.286. The van der Waals surface area contributed by atoms with Gasteiger partial charge in [0.15, 0.2) is 0 Å². The summed E-state index contributed by atoms with van der Waals surface area (Å²) in [6.45, 7) is 5.91. The van der Waals surface area contributed by atoms with Crippen molar-refractivity contribution in [2.75, 3.05) is 16.8 Å². The zero-order valence-corrected chi connectivity index (χ0v) is 19.6. The maximum atomic E-state index is 13.2. The molecule has 180 valence electrons. The van der Waals surface area contributed by atoms with Crippen LogP contribution in [0.15, 0.2) is 76.9 Å². The predicted molar refractivity (Wildman–Crippen MR) is 131 cm³/mol. The number of nitrogens with zero attached hydrogens (tertiary/aromatic N) is 1. The van der Waals surface area contributed by atoms with Crippen LogP contribution >= 0.6 is 0 Å². The average molecular weight is 475 g/mol. The Hall–Kier alpha value is -4.33. The van der Waals surface area contributed by atoms with Crippen LogP contribution in [0.25, 0.3) is 5.76 Å². The van der Waals surface area contributed by atoms with E-state index in [1.807, 2.05) is 13.8 Å². The molecule has 1 aliphatic heterocycles. The lowest BCUT2D eigenvalue weighted by Gasteiger charge is -2.24. The van der Waals surface area contributed by atoms with E-state index in [0.29, 0.717) is 41.0 Å². The summed E-state index contributed by atoms with van der Waals surface area (Å²) < 4.78 is 11.3. The molecule has 2 N–H and O–H groups in total. The smallest absolute Gasteiger partial charge is 0.300 e. The number of aliphatic hydroxyl groups excluding tert-OH is 1. The van der Waals surface area contributed by atoms with E-state index in [1.54, 1.807) is 60.7 Å². The van der Waals surface area contributed by atoms with Crippen LogP contribution in [0.3, 0.4) is 0 Å². The lowest BCUT2D eigenvalue weighted by molar-refractivity contribution is -0.132. The Labute approximate surface area is 202 Å². The molecule has 0 spiro atoms. The molecule has 2 heterocycles. The van der Waals surface area contributed by atoms with Crippen molar-refractivity contribution in [3.05, 3.63) is 83.8 Å². The second-order valence-corrected chi connectivity index (χ2v) is 8.65. The van der Waals surface area contributed by atoms with Crippen LogP contribution in [0.5, 0.6) is 5.75 Å². The highest BCUT2D eigenvalue weighted by molar-refractivity contribution is 6.51. The number of carbonyl (C=O) groups is 3. The van der Waals surface area contributed by atoms with Crippen molar-refractivity contribution in [1.82, 2.24) is 0 Å². The number of aliphatic hydroxyl groups is 1. The van der Waals surface area contributed by atoms with Gasteiger partial charge < -0.3 is 19.6 Å². The molecule has 2 amide bonds. The SMILES string of the molecule is CC(=O)Nc1cccc(N2C(=O)C(=O)/C(=C(\O)c3cccc(OCC(C)C)c3)C2c2ccco2)c1. The van der Waals surface area contributed by atoms with Gasteiger partial charge >= 0.3 is 0 Å². The minimum absolute atomic E-state index is 0.101. The monoisotopic (exact) mass is 474 g/mol. The average Bonchev–Trinajstić information content (AvgIpc) is 3.44. The Balaban J connectivity index is 1.81. The molecule has 1 fully saturated rings. The van der Waals surface area contributed by atoms with Gasteiger partial charge in [0.2, 0.25) is 5.91 Å². The molecular weight excluding hydrogens is 448 g/mol. The first-order chi connectivity index (χ1) is 16.8. The number of ketones is 1. The van der Waals surface area contributed by atoms with Crippen LogP contribution in [0.2, 0.25) is 0 Å². The molecule has 0 radical (unpaired) electrons. The molecule has 1 unspecified atom stereocenters. The summed E-state index contributed by atoms with van der Waals surface area (Å²) in [5.41, 5.74) is 1.07. The zero-order valence-electron chi connectivity index (χ0n) is 19.6. The van der Waals surface area contributed by atoms with Gasteiger partial charge in [-0.05, 0) is 48.4 Å². The van der Waals surface area contributed by atoms with Crippen molar-refractivity contribution < 1.29 is 28.6 Å². The van der Waals surface area contributed by atoms with E-state index in [0.717, 1.165) is 0 Å². The fraction of sp³-hybridized carbons (Fsp3) is 0.222. The Morgan fingerprint density at radius 2 is 1.89 bits per heavy atom. The van der Waals surface area contributed by atoms with Crippen LogP contribution < -0.4 is 15.0 Å². The van der Waals surface area contributed by atoms with Gasteiger partial charge in [-0.15, -0.1) is 0 Å². The Morgan fingerprint density at radius 3 is 2.57 bits per heavy atom. The van der Waals surface area contributed by atoms with E-state index in [-0.39, 0.29) is 17.2 Å². The van der Waals surface area contributed by atoms with Crippen molar-refractivity contribution in [3.63, 3.8) is 0 Å². The van der Waals surface area contributed by atoms with Gasteiger partial charge in [-0.25, -0.2) is 0 Å². The Bertz CT molecular complexity index is 1290. The van der Waals surface area contributed by atoms with Gasteiger partial charge in [0.25, 0.3) is 11.7 Å². The number of hydrogen-bond acceptors (Lipinski definition) is 6. The molecule has 1 atom stereocenters. The highest BCUT2D eigenvalue weighted by atomic mass is 16.5. The zero-order chi connectivity index (χ0) is 25.1. The number of ether oxygens (including phenoxy) is 1. The van der Waals surface area contributed by atoms with Crippen LogP contribution in [-0.4, -0.2) is 29.3 Å². The molecule has 3 aromatic rings. The minimum atomic E-state index is -1.00. The van der Waals surface area contributed by atoms with Crippen molar-refractivity contribution in [1.29, 1.82) is 0 Å². The molecule has 0 aliphatic carbocycles. The van der Waals surface area contributed by atoms with Gasteiger partial charge in [-0.1, -0.05) is 32.0 Å². The number of rotatable bonds is 7. The van der Waals surface area contributed by atoms with E-state index >= 15 is 0 Å².